The Morgan fingerprint density at radius 3 is 2.54 bits per heavy atom. The molecule has 1 aliphatic carbocycles. The minimum atomic E-state index is 0.242. The van der Waals surface area contributed by atoms with Crippen molar-refractivity contribution in [1.29, 1.82) is 0 Å². The molecule has 0 spiro atoms. The summed E-state index contributed by atoms with van der Waals surface area (Å²) in [6.45, 7) is 8.96. The fourth-order valence-electron chi connectivity index (χ4n) is 2.37. The second-order valence-corrected chi connectivity index (χ2v) is 4.61. The molecule has 0 aromatic heterocycles. The zero-order valence-corrected chi connectivity index (χ0v) is 9.18. The molecule has 1 aliphatic rings. The summed E-state index contributed by atoms with van der Waals surface area (Å²) in [6, 6.07) is 0. The number of aldehydes is 1. The van der Waals surface area contributed by atoms with Crippen LogP contribution in [0.5, 0.6) is 0 Å². The smallest absolute Gasteiger partial charge is 0.120 e. The summed E-state index contributed by atoms with van der Waals surface area (Å²) in [4.78, 5) is 10.5. The molecule has 1 rings (SSSR count). The molecule has 74 valence electrons. The van der Waals surface area contributed by atoms with E-state index in [2.05, 4.69) is 27.7 Å². The molecule has 0 aromatic carbocycles. The summed E-state index contributed by atoms with van der Waals surface area (Å²) in [5, 5.41) is 0. The maximum Gasteiger partial charge on any atom is 0.120 e. The van der Waals surface area contributed by atoms with Gasteiger partial charge in [-0.15, -0.1) is 0 Å². The number of hydrogen-bond acceptors (Lipinski definition) is 1. The molecule has 0 heterocycles. The summed E-state index contributed by atoms with van der Waals surface area (Å²) in [6.07, 6.45) is 4.06. The second-order valence-electron chi connectivity index (χ2n) is 4.61. The lowest BCUT2D eigenvalue weighted by Crippen LogP contribution is -2.20. The third-order valence-electron chi connectivity index (χ3n) is 3.82. The summed E-state index contributed by atoms with van der Waals surface area (Å²) in [5.74, 6) is 0.542. The Balaban J connectivity index is 2.86. The van der Waals surface area contributed by atoms with E-state index in [4.69, 9.17) is 0 Å². The van der Waals surface area contributed by atoms with Crippen molar-refractivity contribution >= 4 is 6.29 Å². The van der Waals surface area contributed by atoms with E-state index in [1.807, 2.05) is 0 Å². The van der Waals surface area contributed by atoms with Crippen LogP contribution in [0.3, 0.4) is 0 Å². The highest BCUT2D eigenvalue weighted by molar-refractivity contribution is 5.51. The molecule has 1 heteroatoms. The van der Waals surface area contributed by atoms with E-state index in [0.29, 0.717) is 12.3 Å². The van der Waals surface area contributed by atoms with Crippen molar-refractivity contribution in [3.8, 4) is 0 Å². The lowest BCUT2D eigenvalue weighted by Gasteiger charge is -2.28. The summed E-state index contributed by atoms with van der Waals surface area (Å²) in [7, 11) is 0. The normalized spacial score (nSPS) is 26.6. The molecular weight excluding hydrogens is 160 g/mol. The van der Waals surface area contributed by atoms with Gasteiger partial charge in [0.25, 0.3) is 0 Å². The van der Waals surface area contributed by atoms with E-state index in [1.54, 1.807) is 5.57 Å². The van der Waals surface area contributed by atoms with Crippen LogP contribution in [-0.4, -0.2) is 6.29 Å². The Labute approximate surface area is 81.2 Å². The van der Waals surface area contributed by atoms with Gasteiger partial charge in [0.15, 0.2) is 0 Å². The number of carbonyl (C=O) groups excluding carboxylic acids is 1. The highest BCUT2D eigenvalue weighted by atomic mass is 16.1. The van der Waals surface area contributed by atoms with Crippen molar-refractivity contribution < 1.29 is 4.79 Å². The van der Waals surface area contributed by atoms with E-state index in [9.17, 15) is 4.79 Å². The average molecular weight is 180 g/mol. The van der Waals surface area contributed by atoms with Gasteiger partial charge in [0.05, 0.1) is 0 Å². The van der Waals surface area contributed by atoms with E-state index in [0.717, 1.165) is 19.1 Å². The molecular formula is C12H20O. The van der Waals surface area contributed by atoms with Gasteiger partial charge in [0.1, 0.15) is 6.29 Å². The molecule has 1 atom stereocenters. The van der Waals surface area contributed by atoms with Crippen molar-refractivity contribution in [2.24, 2.45) is 11.3 Å². The van der Waals surface area contributed by atoms with Gasteiger partial charge < -0.3 is 4.79 Å². The monoisotopic (exact) mass is 180 g/mol. The Kier molecular flexibility index (Phi) is 2.94. The van der Waals surface area contributed by atoms with E-state index in [-0.39, 0.29) is 5.41 Å². The summed E-state index contributed by atoms with van der Waals surface area (Å²) < 4.78 is 0. The minimum absolute atomic E-state index is 0.242. The average Bonchev–Trinajstić information content (AvgIpc) is 2.29. The first-order valence-electron chi connectivity index (χ1n) is 5.16. The van der Waals surface area contributed by atoms with Crippen molar-refractivity contribution in [1.82, 2.24) is 0 Å². The molecule has 0 radical (unpaired) electrons. The lowest BCUT2D eigenvalue weighted by atomic mass is 9.76. The molecule has 0 saturated heterocycles. The SMILES string of the molecule is CCC1=C(C)C(C)(C)[C@@H](CC=O)C1. The van der Waals surface area contributed by atoms with Gasteiger partial charge in [-0.1, -0.05) is 31.9 Å². The summed E-state index contributed by atoms with van der Waals surface area (Å²) >= 11 is 0. The Bertz CT molecular complexity index is 236. The first-order valence-corrected chi connectivity index (χ1v) is 5.16. The first-order chi connectivity index (χ1) is 6.04. The highest BCUT2D eigenvalue weighted by Gasteiger charge is 2.37. The summed E-state index contributed by atoms with van der Waals surface area (Å²) in [5.41, 5.74) is 3.32. The predicted octanol–water partition coefficient (Wildman–Crippen LogP) is 3.35. The molecule has 13 heavy (non-hydrogen) atoms. The number of allylic oxidation sites excluding steroid dienone is 2. The first kappa shape index (κ1) is 10.5. The zero-order chi connectivity index (χ0) is 10.1. The standard InChI is InChI=1S/C12H20O/c1-5-10-8-11(6-7-13)12(3,4)9(10)2/h7,11H,5-6,8H2,1-4H3/t11-/m0/s1. The predicted molar refractivity (Wildman–Crippen MR) is 55.6 cm³/mol. The minimum Gasteiger partial charge on any atom is -0.303 e. The van der Waals surface area contributed by atoms with Crippen LogP contribution in [0.1, 0.15) is 47.0 Å². The molecule has 0 N–H and O–H groups in total. The van der Waals surface area contributed by atoms with Crippen LogP contribution in [0.25, 0.3) is 0 Å². The van der Waals surface area contributed by atoms with Crippen molar-refractivity contribution in [3.63, 3.8) is 0 Å². The van der Waals surface area contributed by atoms with Gasteiger partial charge >= 0.3 is 0 Å². The van der Waals surface area contributed by atoms with Crippen LogP contribution in [0.2, 0.25) is 0 Å². The van der Waals surface area contributed by atoms with Crippen LogP contribution in [0, 0.1) is 11.3 Å². The number of hydrogen-bond donors (Lipinski definition) is 0. The molecule has 0 aliphatic heterocycles. The largest absolute Gasteiger partial charge is 0.303 e. The van der Waals surface area contributed by atoms with Gasteiger partial charge in [0, 0.05) is 6.42 Å². The number of rotatable bonds is 3. The number of carbonyl (C=O) groups is 1. The van der Waals surface area contributed by atoms with Crippen LogP contribution in [-0.2, 0) is 4.79 Å². The lowest BCUT2D eigenvalue weighted by molar-refractivity contribution is -0.109. The fourth-order valence-corrected chi connectivity index (χ4v) is 2.37. The second kappa shape index (κ2) is 3.65. The van der Waals surface area contributed by atoms with Gasteiger partial charge in [0.2, 0.25) is 0 Å². The molecule has 0 fully saturated rings. The maximum atomic E-state index is 10.5. The Morgan fingerprint density at radius 1 is 1.54 bits per heavy atom. The van der Waals surface area contributed by atoms with Crippen LogP contribution in [0.15, 0.2) is 11.1 Å². The molecule has 0 amide bonds. The maximum absolute atomic E-state index is 10.5. The van der Waals surface area contributed by atoms with E-state index >= 15 is 0 Å². The molecule has 0 aromatic rings. The van der Waals surface area contributed by atoms with E-state index < -0.39 is 0 Å². The Hall–Kier alpha value is -0.590. The van der Waals surface area contributed by atoms with Crippen LogP contribution >= 0.6 is 0 Å². The van der Waals surface area contributed by atoms with E-state index in [1.165, 1.54) is 5.57 Å². The van der Waals surface area contributed by atoms with Gasteiger partial charge in [-0.05, 0) is 31.1 Å². The topological polar surface area (TPSA) is 17.1 Å². The third-order valence-corrected chi connectivity index (χ3v) is 3.82. The van der Waals surface area contributed by atoms with Crippen molar-refractivity contribution in [2.45, 2.75) is 47.0 Å². The zero-order valence-electron chi connectivity index (χ0n) is 9.18. The van der Waals surface area contributed by atoms with Crippen LogP contribution < -0.4 is 0 Å². The Morgan fingerprint density at radius 2 is 2.15 bits per heavy atom. The van der Waals surface area contributed by atoms with Crippen LogP contribution in [0.4, 0.5) is 0 Å². The highest BCUT2D eigenvalue weighted by Crippen LogP contribution is 2.48. The quantitative estimate of drug-likeness (QED) is 0.481. The van der Waals surface area contributed by atoms with Gasteiger partial charge in [-0.3, -0.25) is 0 Å². The molecule has 0 saturated carbocycles. The molecule has 0 bridgehead atoms. The van der Waals surface area contributed by atoms with Gasteiger partial charge in [-0.25, -0.2) is 0 Å². The van der Waals surface area contributed by atoms with Crippen molar-refractivity contribution in [2.75, 3.05) is 0 Å². The van der Waals surface area contributed by atoms with Crippen molar-refractivity contribution in [3.05, 3.63) is 11.1 Å². The van der Waals surface area contributed by atoms with Gasteiger partial charge in [-0.2, -0.15) is 0 Å². The fraction of sp³-hybridized carbons (Fsp3) is 0.750. The third kappa shape index (κ3) is 1.70. The molecule has 1 nitrogen and oxygen atoms in total. The molecule has 0 unspecified atom stereocenters.